The monoisotopic (exact) mass is 383 g/mol. The van der Waals surface area contributed by atoms with Crippen LogP contribution in [-0.2, 0) is 12.7 Å². The van der Waals surface area contributed by atoms with Gasteiger partial charge in [0.15, 0.2) is 10.9 Å². The Morgan fingerprint density at radius 3 is 2.65 bits per heavy atom. The Morgan fingerprint density at radius 1 is 1.31 bits per heavy atom. The average molecular weight is 383 g/mol. The van der Waals surface area contributed by atoms with Crippen LogP contribution in [0.5, 0.6) is 0 Å². The highest BCUT2D eigenvalue weighted by Crippen LogP contribution is 2.31. The van der Waals surface area contributed by atoms with Crippen molar-refractivity contribution in [2.75, 3.05) is 18.0 Å². The number of rotatable bonds is 4. The molecule has 26 heavy (non-hydrogen) atoms. The number of halogens is 3. The number of ketones is 1. The van der Waals surface area contributed by atoms with Crippen molar-refractivity contribution in [1.82, 2.24) is 9.88 Å². The number of amides is 2. The molecule has 0 radical (unpaired) electrons. The Balaban J connectivity index is 1.76. The van der Waals surface area contributed by atoms with Gasteiger partial charge in [-0.3, -0.25) is 9.69 Å². The summed E-state index contributed by atoms with van der Waals surface area (Å²) >= 11 is 1.15. The van der Waals surface area contributed by atoms with E-state index < -0.39 is 11.7 Å². The van der Waals surface area contributed by atoms with E-state index in [2.05, 4.69) is 4.98 Å². The lowest BCUT2D eigenvalue weighted by atomic mass is 10.1. The number of alkyl halides is 3. The summed E-state index contributed by atoms with van der Waals surface area (Å²) in [5.74, 6) is -0.112. The van der Waals surface area contributed by atoms with Crippen LogP contribution in [0.1, 0.15) is 33.4 Å². The average Bonchev–Trinajstić information content (AvgIpc) is 3.10. The summed E-state index contributed by atoms with van der Waals surface area (Å²) in [7, 11) is 0. The van der Waals surface area contributed by atoms with Crippen molar-refractivity contribution in [1.29, 1.82) is 0 Å². The van der Waals surface area contributed by atoms with E-state index in [4.69, 9.17) is 0 Å². The van der Waals surface area contributed by atoms with E-state index in [1.807, 2.05) is 0 Å². The van der Waals surface area contributed by atoms with Gasteiger partial charge in [0.25, 0.3) is 0 Å². The fraction of sp³-hybridized carbons (Fsp3) is 0.353. The molecule has 2 heterocycles. The van der Waals surface area contributed by atoms with E-state index in [0.29, 0.717) is 34.4 Å². The molecule has 0 N–H and O–H groups in total. The smallest absolute Gasteiger partial charge is 0.318 e. The summed E-state index contributed by atoms with van der Waals surface area (Å²) in [5, 5.41) is 0.434. The maximum Gasteiger partial charge on any atom is 0.416 e. The minimum absolute atomic E-state index is 0.0865. The highest BCUT2D eigenvalue weighted by Gasteiger charge is 2.33. The Labute approximate surface area is 152 Å². The second-order valence-corrected chi connectivity index (χ2v) is 7.00. The van der Waals surface area contributed by atoms with Crippen LogP contribution in [0, 0.1) is 6.92 Å². The fourth-order valence-electron chi connectivity index (χ4n) is 2.80. The molecule has 3 rings (SSSR count). The van der Waals surface area contributed by atoms with Gasteiger partial charge >= 0.3 is 12.2 Å². The first kappa shape index (κ1) is 18.4. The van der Waals surface area contributed by atoms with Gasteiger partial charge < -0.3 is 4.90 Å². The molecule has 1 aliphatic heterocycles. The maximum atomic E-state index is 12.8. The maximum absolute atomic E-state index is 12.8. The summed E-state index contributed by atoms with van der Waals surface area (Å²) in [6, 6.07) is 4.62. The van der Waals surface area contributed by atoms with E-state index in [0.717, 1.165) is 23.5 Å². The second-order valence-electron chi connectivity index (χ2n) is 6.02. The van der Waals surface area contributed by atoms with E-state index >= 15 is 0 Å². The summed E-state index contributed by atoms with van der Waals surface area (Å²) in [4.78, 5) is 31.9. The fourth-order valence-corrected chi connectivity index (χ4v) is 3.78. The highest BCUT2D eigenvalue weighted by molar-refractivity contribution is 7.17. The van der Waals surface area contributed by atoms with Crippen LogP contribution in [0.3, 0.4) is 0 Å². The van der Waals surface area contributed by atoms with E-state index in [1.54, 1.807) is 13.0 Å². The molecule has 0 spiro atoms. The zero-order valence-corrected chi connectivity index (χ0v) is 14.9. The van der Waals surface area contributed by atoms with Crippen molar-refractivity contribution >= 4 is 28.3 Å². The number of hydrogen-bond acceptors (Lipinski definition) is 4. The van der Waals surface area contributed by atoms with Crippen LogP contribution in [0.15, 0.2) is 24.3 Å². The number of urea groups is 1. The third-order valence-electron chi connectivity index (χ3n) is 4.06. The summed E-state index contributed by atoms with van der Waals surface area (Å²) in [6.45, 7) is 3.99. The quantitative estimate of drug-likeness (QED) is 0.747. The molecule has 138 valence electrons. The Morgan fingerprint density at radius 2 is 2.04 bits per heavy atom. The normalized spacial score (nSPS) is 15.0. The third-order valence-corrected chi connectivity index (χ3v) is 5.34. The van der Waals surface area contributed by atoms with Crippen molar-refractivity contribution in [3.05, 3.63) is 46.0 Å². The van der Waals surface area contributed by atoms with Gasteiger partial charge in [0.05, 0.1) is 16.1 Å². The zero-order chi connectivity index (χ0) is 19.1. The summed E-state index contributed by atoms with van der Waals surface area (Å²) < 4.78 is 38.5. The van der Waals surface area contributed by atoms with Crippen molar-refractivity contribution in [3.63, 3.8) is 0 Å². The minimum atomic E-state index is -4.42. The van der Waals surface area contributed by atoms with E-state index in [9.17, 15) is 22.8 Å². The summed E-state index contributed by atoms with van der Waals surface area (Å²) in [6.07, 6.45) is -4.42. The van der Waals surface area contributed by atoms with Gasteiger partial charge in [0.2, 0.25) is 0 Å². The molecule has 1 aromatic heterocycles. The number of hydrogen-bond donors (Lipinski definition) is 0. The summed E-state index contributed by atoms with van der Waals surface area (Å²) in [5.41, 5.74) is 0.247. The van der Waals surface area contributed by atoms with Crippen molar-refractivity contribution < 1.29 is 22.8 Å². The zero-order valence-electron chi connectivity index (χ0n) is 14.1. The molecule has 0 unspecified atom stereocenters. The lowest BCUT2D eigenvalue weighted by Crippen LogP contribution is -2.31. The van der Waals surface area contributed by atoms with Gasteiger partial charge in [-0.05, 0) is 24.6 Å². The Kier molecular flexibility index (Phi) is 4.74. The van der Waals surface area contributed by atoms with Crippen molar-refractivity contribution in [2.45, 2.75) is 26.6 Å². The number of thiazole rings is 1. The first-order valence-electron chi connectivity index (χ1n) is 7.88. The first-order chi connectivity index (χ1) is 12.2. The number of nitrogens with zero attached hydrogens (tertiary/aromatic N) is 3. The SMILES string of the molecule is CC(=O)c1sc(N2CCN(Cc3cccc(C(F)(F)F)c3)C2=O)nc1C. The van der Waals surface area contributed by atoms with Crippen LogP contribution < -0.4 is 4.90 Å². The molecular formula is C17H16F3N3O2S. The van der Waals surface area contributed by atoms with Gasteiger partial charge in [0.1, 0.15) is 0 Å². The van der Waals surface area contributed by atoms with E-state index in [-0.39, 0.29) is 18.4 Å². The van der Waals surface area contributed by atoms with Crippen molar-refractivity contribution in [2.24, 2.45) is 0 Å². The van der Waals surface area contributed by atoms with Gasteiger partial charge in [-0.25, -0.2) is 9.78 Å². The molecule has 1 fully saturated rings. The second kappa shape index (κ2) is 6.71. The Hall–Kier alpha value is -2.42. The topological polar surface area (TPSA) is 53.5 Å². The van der Waals surface area contributed by atoms with Crippen LogP contribution in [0.4, 0.5) is 23.1 Å². The molecule has 0 aliphatic carbocycles. The number of aryl methyl sites for hydroxylation is 1. The number of carbonyl (C=O) groups is 2. The molecule has 2 aromatic rings. The van der Waals surface area contributed by atoms with Crippen LogP contribution in [0.25, 0.3) is 0 Å². The number of anilines is 1. The largest absolute Gasteiger partial charge is 0.416 e. The lowest BCUT2D eigenvalue weighted by molar-refractivity contribution is -0.137. The molecular weight excluding hydrogens is 367 g/mol. The molecule has 1 saturated heterocycles. The highest BCUT2D eigenvalue weighted by atomic mass is 32.1. The molecule has 0 saturated carbocycles. The van der Waals surface area contributed by atoms with E-state index in [1.165, 1.54) is 22.8 Å². The van der Waals surface area contributed by atoms with Crippen LogP contribution in [0.2, 0.25) is 0 Å². The Bertz CT molecular complexity index is 863. The minimum Gasteiger partial charge on any atom is -0.318 e. The predicted octanol–water partition coefficient (Wildman–Crippen LogP) is 4.12. The number of aromatic nitrogens is 1. The molecule has 2 amide bonds. The van der Waals surface area contributed by atoms with Crippen molar-refractivity contribution in [3.8, 4) is 0 Å². The standard InChI is InChI=1S/C17H16F3N3O2S/c1-10-14(11(2)24)26-15(21-10)23-7-6-22(16(23)25)9-12-4-3-5-13(8-12)17(18,19)20/h3-5,8H,6-7,9H2,1-2H3. The number of carbonyl (C=O) groups excluding carboxylic acids is 2. The van der Waals surface area contributed by atoms with Gasteiger partial charge in [-0.1, -0.05) is 23.5 Å². The molecule has 5 nitrogen and oxygen atoms in total. The first-order valence-corrected chi connectivity index (χ1v) is 8.69. The van der Waals surface area contributed by atoms with Crippen LogP contribution >= 0.6 is 11.3 Å². The molecule has 1 aromatic carbocycles. The van der Waals surface area contributed by atoms with Gasteiger partial charge in [-0.15, -0.1) is 0 Å². The predicted molar refractivity (Wildman–Crippen MR) is 91.5 cm³/mol. The van der Waals surface area contributed by atoms with Gasteiger partial charge in [-0.2, -0.15) is 13.2 Å². The number of benzene rings is 1. The lowest BCUT2D eigenvalue weighted by Gasteiger charge is -2.17. The molecule has 9 heteroatoms. The van der Waals surface area contributed by atoms with Gasteiger partial charge in [0, 0.05) is 26.6 Å². The van der Waals surface area contributed by atoms with Crippen LogP contribution in [-0.4, -0.2) is 34.8 Å². The molecule has 0 atom stereocenters. The molecule has 1 aliphatic rings. The number of Topliss-reactive ketones (excluding diaryl/α,β-unsaturated/α-hetero) is 1. The molecule has 0 bridgehead atoms. The third kappa shape index (κ3) is 3.57.